The van der Waals surface area contributed by atoms with Crippen LogP contribution in [0.1, 0.15) is 17.5 Å². The highest BCUT2D eigenvalue weighted by Crippen LogP contribution is 2.28. The van der Waals surface area contributed by atoms with Crippen molar-refractivity contribution in [3.63, 3.8) is 0 Å². The predicted octanol–water partition coefficient (Wildman–Crippen LogP) is 3.24. The third kappa shape index (κ3) is 2.64. The summed E-state index contributed by atoms with van der Waals surface area (Å²) in [6.45, 7) is 0.942. The molecule has 0 spiro atoms. The molecule has 0 unspecified atom stereocenters. The van der Waals surface area contributed by atoms with E-state index in [1.165, 1.54) is 24.0 Å². The van der Waals surface area contributed by atoms with Gasteiger partial charge in [0.05, 0.1) is 0 Å². The number of hydrogen-bond acceptors (Lipinski definition) is 4. The summed E-state index contributed by atoms with van der Waals surface area (Å²) in [7, 11) is 0. The lowest BCUT2D eigenvalue weighted by Crippen LogP contribution is -2.10. The van der Waals surface area contributed by atoms with Gasteiger partial charge in [-0.2, -0.15) is 0 Å². The molecule has 22 heavy (non-hydrogen) atoms. The summed E-state index contributed by atoms with van der Waals surface area (Å²) in [5.41, 5.74) is 4.57. The molecule has 1 aliphatic rings. The van der Waals surface area contributed by atoms with Gasteiger partial charge in [-0.3, -0.25) is 4.98 Å². The Labute approximate surface area is 129 Å². The zero-order valence-electron chi connectivity index (χ0n) is 12.4. The maximum atomic E-state index is 4.49. The summed E-state index contributed by atoms with van der Waals surface area (Å²) >= 11 is 0. The Kier molecular flexibility index (Phi) is 3.43. The molecule has 1 aromatic carbocycles. The number of pyridine rings is 1. The van der Waals surface area contributed by atoms with Gasteiger partial charge in [0.2, 0.25) is 0 Å². The molecule has 3 aromatic rings. The van der Waals surface area contributed by atoms with Crippen molar-refractivity contribution in [1.82, 2.24) is 15.0 Å². The van der Waals surface area contributed by atoms with Crippen LogP contribution in [0.25, 0.3) is 11.2 Å². The number of nitrogens with one attached hydrogen (secondary N) is 1. The van der Waals surface area contributed by atoms with Crippen molar-refractivity contribution in [2.24, 2.45) is 5.92 Å². The molecule has 0 amide bonds. The van der Waals surface area contributed by atoms with Crippen LogP contribution in [0.15, 0.2) is 48.8 Å². The van der Waals surface area contributed by atoms with Crippen molar-refractivity contribution >= 4 is 17.0 Å². The minimum absolute atomic E-state index is 0.695. The van der Waals surface area contributed by atoms with Gasteiger partial charge in [0.1, 0.15) is 11.3 Å². The zero-order chi connectivity index (χ0) is 14.8. The maximum Gasteiger partial charge on any atom is 0.180 e. The Bertz CT molecular complexity index is 775. The summed E-state index contributed by atoms with van der Waals surface area (Å²) < 4.78 is 0. The number of hydrogen-bond donors (Lipinski definition) is 1. The quantitative estimate of drug-likeness (QED) is 0.801. The second-order valence-electron chi connectivity index (χ2n) is 5.85. The fourth-order valence-electron chi connectivity index (χ4n) is 3.21. The van der Waals surface area contributed by atoms with Gasteiger partial charge < -0.3 is 5.32 Å². The average molecular weight is 290 g/mol. The Hall–Kier alpha value is -2.49. The average Bonchev–Trinajstić information content (AvgIpc) is 2.97. The molecule has 4 rings (SSSR count). The number of nitrogens with zero attached hydrogens (tertiary/aromatic N) is 3. The Morgan fingerprint density at radius 3 is 2.55 bits per heavy atom. The fraction of sp³-hybridized carbons (Fsp3) is 0.278. The fourth-order valence-corrected chi connectivity index (χ4v) is 3.21. The largest absolute Gasteiger partial charge is 0.370 e. The van der Waals surface area contributed by atoms with E-state index in [1.807, 2.05) is 12.1 Å². The van der Waals surface area contributed by atoms with Gasteiger partial charge in [0.25, 0.3) is 0 Å². The molecule has 110 valence electrons. The van der Waals surface area contributed by atoms with Crippen LogP contribution in [0.3, 0.4) is 0 Å². The zero-order valence-corrected chi connectivity index (χ0v) is 12.4. The summed E-state index contributed by atoms with van der Waals surface area (Å²) in [4.78, 5) is 13.0. The van der Waals surface area contributed by atoms with Crippen molar-refractivity contribution < 1.29 is 0 Å². The molecule has 0 saturated heterocycles. The molecule has 0 fully saturated rings. The molecular formula is C18H18N4. The van der Waals surface area contributed by atoms with Gasteiger partial charge in [0, 0.05) is 18.9 Å². The van der Waals surface area contributed by atoms with E-state index in [1.54, 1.807) is 12.4 Å². The van der Waals surface area contributed by atoms with Crippen molar-refractivity contribution in [2.75, 3.05) is 11.9 Å². The van der Waals surface area contributed by atoms with Crippen LogP contribution >= 0.6 is 0 Å². The van der Waals surface area contributed by atoms with Gasteiger partial charge in [-0.15, -0.1) is 0 Å². The normalized spacial score (nSPS) is 14.2. The van der Waals surface area contributed by atoms with E-state index in [0.717, 1.165) is 30.2 Å². The van der Waals surface area contributed by atoms with Crippen molar-refractivity contribution in [3.8, 4) is 0 Å². The Morgan fingerprint density at radius 2 is 1.73 bits per heavy atom. The van der Waals surface area contributed by atoms with Crippen LogP contribution in [-0.4, -0.2) is 21.5 Å². The maximum absolute atomic E-state index is 4.49. The first-order valence-corrected chi connectivity index (χ1v) is 7.77. The third-order valence-corrected chi connectivity index (χ3v) is 4.33. The molecule has 0 saturated carbocycles. The van der Waals surface area contributed by atoms with Crippen LogP contribution in [0.4, 0.5) is 5.82 Å². The van der Waals surface area contributed by atoms with Gasteiger partial charge in [-0.1, -0.05) is 24.3 Å². The lowest BCUT2D eigenvalue weighted by molar-refractivity contribution is 0.529. The van der Waals surface area contributed by atoms with Crippen LogP contribution in [0.2, 0.25) is 0 Å². The molecule has 0 aliphatic heterocycles. The first kappa shape index (κ1) is 13.2. The number of anilines is 1. The number of benzene rings is 1. The second-order valence-corrected chi connectivity index (χ2v) is 5.85. The number of rotatable bonds is 4. The predicted molar refractivity (Wildman–Crippen MR) is 87.8 cm³/mol. The van der Waals surface area contributed by atoms with Crippen molar-refractivity contribution in [3.05, 3.63) is 59.9 Å². The molecule has 1 N–H and O–H groups in total. The van der Waals surface area contributed by atoms with Crippen molar-refractivity contribution in [2.45, 2.75) is 19.3 Å². The lowest BCUT2D eigenvalue weighted by Gasteiger charge is -2.10. The molecule has 0 radical (unpaired) electrons. The topological polar surface area (TPSA) is 50.7 Å². The number of aromatic nitrogens is 3. The van der Waals surface area contributed by atoms with Gasteiger partial charge in [-0.25, -0.2) is 9.97 Å². The molecule has 1 aliphatic carbocycles. The van der Waals surface area contributed by atoms with E-state index in [4.69, 9.17) is 0 Å². The van der Waals surface area contributed by atoms with Crippen LogP contribution in [0.5, 0.6) is 0 Å². The smallest absolute Gasteiger partial charge is 0.180 e. The van der Waals surface area contributed by atoms with E-state index < -0.39 is 0 Å². The minimum Gasteiger partial charge on any atom is -0.370 e. The van der Waals surface area contributed by atoms with E-state index in [9.17, 15) is 0 Å². The Balaban J connectivity index is 1.35. The molecule has 0 bridgehead atoms. The SMILES string of the molecule is c1ccc2c(c1)CC(CCNc1ccc3nccnc3n1)C2. The summed E-state index contributed by atoms with van der Waals surface area (Å²) in [5, 5.41) is 3.41. The van der Waals surface area contributed by atoms with Crippen molar-refractivity contribution in [1.29, 1.82) is 0 Å². The van der Waals surface area contributed by atoms with Crippen LogP contribution < -0.4 is 5.32 Å². The van der Waals surface area contributed by atoms with Gasteiger partial charge >= 0.3 is 0 Å². The Morgan fingerprint density at radius 1 is 0.955 bits per heavy atom. The monoisotopic (exact) mass is 290 g/mol. The summed E-state index contributed by atoms with van der Waals surface area (Å²) in [6.07, 6.45) is 6.93. The first-order chi connectivity index (χ1) is 10.9. The third-order valence-electron chi connectivity index (χ3n) is 4.33. The highest BCUT2D eigenvalue weighted by molar-refractivity contribution is 5.71. The van der Waals surface area contributed by atoms with E-state index in [0.29, 0.717) is 5.65 Å². The minimum atomic E-state index is 0.695. The molecule has 4 heteroatoms. The molecular weight excluding hydrogens is 272 g/mol. The lowest BCUT2D eigenvalue weighted by atomic mass is 10.0. The molecule has 4 nitrogen and oxygen atoms in total. The standard InChI is InChI=1S/C18H18N4/c1-2-4-15-12-13(11-14(15)3-1)7-8-20-17-6-5-16-18(22-17)21-10-9-19-16/h1-6,9-10,13H,7-8,11-12H2,(H,20,21,22). The van der Waals surface area contributed by atoms with Gasteiger partial charge in [0.15, 0.2) is 5.65 Å². The van der Waals surface area contributed by atoms with Crippen LogP contribution in [0, 0.1) is 5.92 Å². The highest BCUT2D eigenvalue weighted by atomic mass is 15.0. The second kappa shape index (κ2) is 5.72. The molecule has 2 heterocycles. The van der Waals surface area contributed by atoms with Gasteiger partial charge in [-0.05, 0) is 48.4 Å². The van der Waals surface area contributed by atoms with E-state index in [-0.39, 0.29) is 0 Å². The number of fused-ring (bicyclic) bond motifs is 2. The van der Waals surface area contributed by atoms with Crippen LogP contribution in [-0.2, 0) is 12.8 Å². The van der Waals surface area contributed by atoms with E-state index >= 15 is 0 Å². The van der Waals surface area contributed by atoms with E-state index in [2.05, 4.69) is 44.5 Å². The summed E-state index contributed by atoms with van der Waals surface area (Å²) in [6, 6.07) is 12.7. The highest BCUT2D eigenvalue weighted by Gasteiger charge is 2.20. The summed E-state index contributed by atoms with van der Waals surface area (Å²) in [5.74, 6) is 1.62. The molecule has 2 aromatic heterocycles. The molecule has 0 atom stereocenters. The first-order valence-electron chi connectivity index (χ1n) is 7.77.